The van der Waals surface area contributed by atoms with Gasteiger partial charge in [0.25, 0.3) is 5.91 Å². The SMILES string of the molecule is C[C@H](NC(=O)c1ccccc1)C1=CCCN(CCn2cccn2)C1. The molecule has 1 amide bonds. The number of carbonyl (C=O) groups is 1. The molecule has 1 aromatic heterocycles. The minimum absolute atomic E-state index is 0.0161. The topological polar surface area (TPSA) is 50.2 Å². The minimum Gasteiger partial charge on any atom is -0.346 e. The third kappa shape index (κ3) is 4.32. The van der Waals surface area contributed by atoms with Crippen molar-refractivity contribution in [2.24, 2.45) is 0 Å². The molecule has 126 valence electrons. The Balaban J connectivity index is 1.52. The lowest BCUT2D eigenvalue weighted by Gasteiger charge is -2.30. The predicted molar refractivity (Wildman–Crippen MR) is 94.7 cm³/mol. The van der Waals surface area contributed by atoms with E-state index in [9.17, 15) is 4.79 Å². The van der Waals surface area contributed by atoms with Crippen LogP contribution >= 0.6 is 0 Å². The van der Waals surface area contributed by atoms with Crippen molar-refractivity contribution < 1.29 is 4.79 Å². The molecule has 0 spiro atoms. The van der Waals surface area contributed by atoms with E-state index in [1.54, 1.807) is 0 Å². The standard InChI is InChI=1S/C19H24N4O/c1-16(21-19(24)17-7-3-2-4-8-17)18-9-5-11-22(15-18)13-14-23-12-6-10-20-23/h2-4,6-10,12,16H,5,11,13-15H2,1H3,(H,21,24)/t16-/m0/s1. The van der Waals surface area contributed by atoms with E-state index in [1.165, 1.54) is 5.57 Å². The third-order valence-corrected chi connectivity index (χ3v) is 4.40. The van der Waals surface area contributed by atoms with Gasteiger partial charge in [-0.25, -0.2) is 0 Å². The summed E-state index contributed by atoms with van der Waals surface area (Å²) in [5.74, 6) is -0.0161. The average molecular weight is 324 g/mol. The monoisotopic (exact) mass is 324 g/mol. The fraction of sp³-hybridized carbons (Fsp3) is 0.368. The van der Waals surface area contributed by atoms with Crippen molar-refractivity contribution in [1.29, 1.82) is 0 Å². The summed E-state index contributed by atoms with van der Waals surface area (Å²) >= 11 is 0. The molecule has 1 N–H and O–H groups in total. The van der Waals surface area contributed by atoms with E-state index in [2.05, 4.69) is 28.3 Å². The summed E-state index contributed by atoms with van der Waals surface area (Å²) in [5, 5.41) is 7.35. The van der Waals surface area contributed by atoms with E-state index in [4.69, 9.17) is 0 Å². The fourth-order valence-electron chi connectivity index (χ4n) is 2.98. The van der Waals surface area contributed by atoms with Crippen LogP contribution in [0.15, 0.2) is 60.4 Å². The Labute approximate surface area is 143 Å². The molecular weight excluding hydrogens is 300 g/mol. The van der Waals surface area contributed by atoms with Gasteiger partial charge >= 0.3 is 0 Å². The Morgan fingerprint density at radius 3 is 2.83 bits per heavy atom. The van der Waals surface area contributed by atoms with Crippen LogP contribution in [0, 0.1) is 0 Å². The largest absolute Gasteiger partial charge is 0.346 e. The molecule has 1 aliphatic heterocycles. The Morgan fingerprint density at radius 1 is 1.25 bits per heavy atom. The van der Waals surface area contributed by atoms with Crippen molar-refractivity contribution in [3.05, 3.63) is 66.0 Å². The van der Waals surface area contributed by atoms with Crippen molar-refractivity contribution in [3.8, 4) is 0 Å². The molecule has 1 aromatic carbocycles. The zero-order chi connectivity index (χ0) is 16.8. The first kappa shape index (κ1) is 16.5. The summed E-state index contributed by atoms with van der Waals surface area (Å²) in [4.78, 5) is 14.7. The van der Waals surface area contributed by atoms with E-state index in [0.717, 1.165) is 32.6 Å². The summed E-state index contributed by atoms with van der Waals surface area (Å²) in [7, 11) is 0. The highest BCUT2D eigenvalue weighted by molar-refractivity contribution is 5.94. The van der Waals surface area contributed by atoms with Crippen molar-refractivity contribution in [1.82, 2.24) is 20.0 Å². The number of carbonyl (C=O) groups excluding carboxylic acids is 1. The van der Waals surface area contributed by atoms with Gasteiger partial charge in [-0.05, 0) is 37.1 Å². The van der Waals surface area contributed by atoms with Crippen LogP contribution in [0.5, 0.6) is 0 Å². The molecule has 0 bridgehead atoms. The minimum atomic E-state index is -0.0161. The molecule has 1 atom stereocenters. The second kappa shape index (κ2) is 7.93. The van der Waals surface area contributed by atoms with Gasteiger partial charge in [-0.1, -0.05) is 24.3 Å². The maximum atomic E-state index is 12.3. The van der Waals surface area contributed by atoms with Crippen LogP contribution in [0.25, 0.3) is 0 Å². The number of hydrogen-bond donors (Lipinski definition) is 1. The zero-order valence-corrected chi connectivity index (χ0v) is 14.1. The Hall–Kier alpha value is -2.40. The smallest absolute Gasteiger partial charge is 0.251 e. The quantitative estimate of drug-likeness (QED) is 0.830. The van der Waals surface area contributed by atoms with Crippen LogP contribution in [0.2, 0.25) is 0 Å². The van der Waals surface area contributed by atoms with Gasteiger partial charge in [-0.15, -0.1) is 0 Å². The molecule has 5 nitrogen and oxygen atoms in total. The maximum Gasteiger partial charge on any atom is 0.251 e. The summed E-state index contributed by atoms with van der Waals surface area (Å²) in [6.07, 6.45) is 7.09. The summed E-state index contributed by atoms with van der Waals surface area (Å²) in [6, 6.07) is 11.4. The van der Waals surface area contributed by atoms with Crippen molar-refractivity contribution in [3.63, 3.8) is 0 Å². The van der Waals surface area contributed by atoms with Crippen LogP contribution in [0.4, 0.5) is 0 Å². The molecule has 0 saturated heterocycles. The van der Waals surface area contributed by atoms with Crippen LogP contribution < -0.4 is 5.32 Å². The summed E-state index contributed by atoms with van der Waals surface area (Å²) in [6.45, 7) is 5.88. The fourth-order valence-corrected chi connectivity index (χ4v) is 2.98. The van der Waals surface area contributed by atoms with Gasteiger partial charge in [0.2, 0.25) is 0 Å². The second-order valence-corrected chi connectivity index (χ2v) is 6.17. The van der Waals surface area contributed by atoms with Gasteiger partial charge in [-0.2, -0.15) is 5.10 Å². The van der Waals surface area contributed by atoms with Crippen LogP contribution in [0.1, 0.15) is 23.7 Å². The molecule has 0 saturated carbocycles. The molecule has 0 radical (unpaired) electrons. The summed E-state index contributed by atoms with van der Waals surface area (Å²) in [5.41, 5.74) is 1.99. The van der Waals surface area contributed by atoms with Gasteiger partial charge in [0.1, 0.15) is 0 Å². The number of nitrogens with one attached hydrogen (secondary N) is 1. The highest BCUT2D eigenvalue weighted by atomic mass is 16.1. The first-order valence-electron chi connectivity index (χ1n) is 8.47. The molecule has 0 unspecified atom stereocenters. The highest BCUT2D eigenvalue weighted by Crippen LogP contribution is 2.14. The average Bonchev–Trinajstić information content (AvgIpc) is 3.14. The van der Waals surface area contributed by atoms with Crippen molar-refractivity contribution in [2.75, 3.05) is 19.6 Å². The van der Waals surface area contributed by atoms with Crippen molar-refractivity contribution in [2.45, 2.75) is 25.9 Å². The van der Waals surface area contributed by atoms with Crippen molar-refractivity contribution >= 4 is 5.91 Å². The van der Waals surface area contributed by atoms with E-state index in [-0.39, 0.29) is 11.9 Å². The number of nitrogens with zero attached hydrogens (tertiary/aromatic N) is 3. The molecule has 3 rings (SSSR count). The first-order chi connectivity index (χ1) is 11.7. The molecule has 2 aromatic rings. The number of benzene rings is 1. The maximum absolute atomic E-state index is 12.3. The van der Waals surface area contributed by atoms with E-state index in [1.807, 2.05) is 53.5 Å². The lowest BCUT2D eigenvalue weighted by atomic mass is 10.0. The molecule has 2 heterocycles. The van der Waals surface area contributed by atoms with Gasteiger partial charge in [0, 0.05) is 43.6 Å². The third-order valence-electron chi connectivity index (χ3n) is 4.40. The van der Waals surface area contributed by atoms with Gasteiger partial charge < -0.3 is 5.32 Å². The predicted octanol–water partition coefficient (Wildman–Crippen LogP) is 2.33. The molecular formula is C19H24N4O. The van der Waals surface area contributed by atoms with Gasteiger partial charge in [-0.3, -0.25) is 14.4 Å². The van der Waals surface area contributed by atoms with E-state index in [0.29, 0.717) is 5.56 Å². The van der Waals surface area contributed by atoms with Gasteiger partial charge in [0.15, 0.2) is 0 Å². The number of amides is 1. The lowest BCUT2D eigenvalue weighted by Crippen LogP contribution is -2.41. The summed E-state index contributed by atoms with van der Waals surface area (Å²) < 4.78 is 1.96. The second-order valence-electron chi connectivity index (χ2n) is 6.17. The van der Waals surface area contributed by atoms with E-state index >= 15 is 0 Å². The Morgan fingerprint density at radius 2 is 2.08 bits per heavy atom. The number of hydrogen-bond acceptors (Lipinski definition) is 3. The van der Waals surface area contributed by atoms with Crippen LogP contribution in [-0.2, 0) is 6.54 Å². The normalized spacial score (nSPS) is 16.5. The molecule has 1 aliphatic rings. The lowest BCUT2D eigenvalue weighted by molar-refractivity contribution is 0.0943. The molecule has 0 fully saturated rings. The number of aromatic nitrogens is 2. The first-order valence-corrected chi connectivity index (χ1v) is 8.47. The zero-order valence-electron chi connectivity index (χ0n) is 14.1. The van der Waals surface area contributed by atoms with E-state index < -0.39 is 0 Å². The number of rotatable bonds is 6. The molecule has 24 heavy (non-hydrogen) atoms. The molecule has 5 heteroatoms. The van der Waals surface area contributed by atoms with Crippen LogP contribution in [0.3, 0.4) is 0 Å². The Bertz CT molecular complexity index is 679. The molecule has 0 aliphatic carbocycles. The Kier molecular flexibility index (Phi) is 5.43. The highest BCUT2D eigenvalue weighted by Gasteiger charge is 2.19. The van der Waals surface area contributed by atoms with Gasteiger partial charge in [0.05, 0.1) is 6.54 Å². The van der Waals surface area contributed by atoms with Crippen LogP contribution in [-0.4, -0.2) is 46.3 Å².